The van der Waals surface area contributed by atoms with Gasteiger partial charge in [-0.15, -0.1) is 0 Å². The van der Waals surface area contributed by atoms with Gasteiger partial charge in [0.25, 0.3) is 0 Å². The Balaban J connectivity index is 3.04. The average Bonchev–Trinajstić information content (AvgIpc) is 2.97. The van der Waals surface area contributed by atoms with Crippen LogP contribution in [0.1, 0.15) is 45.4 Å². The van der Waals surface area contributed by atoms with Crippen molar-refractivity contribution in [2.45, 2.75) is 45.4 Å². The monoisotopic (exact) mass is 580 g/mol. The Hall–Kier alpha value is -1.15. The van der Waals surface area contributed by atoms with Crippen molar-refractivity contribution in [2.75, 3.05) is 126 Å². The quantitative estimate of drug-likeness (QED) is 0.0626. The zero-order chi connectivity index (χ0) is 29.0. The minimum atomic E-state index is -0.454. The lowest BCUT2D eigenvalue weighted by Crippen LogP contribution is -2.15. The van der Waals surface area contributed by atoms with E-state index >= 15 is 0 Å². The van der Waals surface area contributed by atoms with E-state index < -0.39 is 5.97 Å². The molecule has 0 saturated carbocycles. The fourth-order valence-electron chi connectivity index (χ4n) is 3.11. The van der Waals surface area contributed by atoms with Gasteiger partial charge in [0, 0.05) is 12.7 Å². The highest BCUT2D eigenvalue weighted by Gasteiger charge is 1.97. The van der Waals surface area contributed by atoms with Crippen molar-refractivity contribution in [2.24, 2.45) is 0 Å². The molecule has 0 amide bonds. The molecule has 0 heterocycles. The van der Waals surface area contributed by atoms with Gasteiger partial charge in [0.15, 0.2) is 0 Å². The molecule has 0 aliphatic heterocycles. The fraction of sp³-hybridized carbons (Fsp3) is 0.897. The number of hydrogen-bond donors (Lipinski definition) is 0. The topological polar surface area (TPSA) is 109 Å². The van der Waals surface area contributed by atoms with Gasteiger partial charge in [0.2, 0.25) is 0 Å². The van der Waals surface area contributed by atoms with Crippen molar-refractivity contribution < 1.29 is 52.2 Å². The lowest BCUT2D eigenvalue weighted by atomic mass is 10.1. The maximum atomic E-state index is 10.8. The molecule has 11 nitrogen and oxygen atoms in total. The van der Waals surface area contributed by atoms with E-state index in [-0.39, 0.29) is 6.61 Å². The number of unbranched alkanes of at least 4 members (excludes halogenated alkanes) is 5. The predicted molar refractivity (Wildman–Crippen MR) is 152 cm³/mol. The third-order valence-electron chi connectivity index (χ3n) is 5.26. The smallest absolute Gasteiger partial charge is 0.330 e. The van der Waals surface area contributed by atoms with Gasteiger partial charge in [-0.25, -0.2) is 4.79 Å². The van der Waals surface area contributed by atoms with E-state index in [0.717, 1.165) is 19.1 Å². The van der Waals surface area contributed by atoms with Gasteiger partial charge in [0.1, 0.15) is 6.61 Å². The third kappa shape index (κ3) is 34.9. The lowest BCUT2D eigenvalue weighted by molar-refractivity contribution is -0.139. The molecule has 0 aromatic heterocycles. The summed E-state index contributed by atoms with van der Waals surface area (Å²) in [6.07, 6.45) is 8.79. The molecule has 0 unspecified atom stereocenters. The van der Waals surface area contributed by atoms with Crippen LogP contribution in [0.5, 0.6) is 0 Å². The number of hydrogen-bond acceptors (Lipinski definition) is 11. The molecule has 0 aliphatic rings. The normalized spacial score (nSPS) is 11.2. The minimum absolute atomic E-state index is 0.204. The second-order valence-electron chi connectivity index (χ2n) is 8.65. The largest absolute Gasteiger partial charge is 0.460 e. The molecule has 0 fully saturated rings. The summed E-state index contributed by atoms with van der Waals surface area (Å²) in [5.74, 6) is -0.454. The summed E-state index contributed by atoms with van der Waals surface area (Å²) >= 11 is 0. The van der Waals surface area contributed by atoms with Crippen LogP contribution in [-0.4, -0.2) is 132 Å². The number of carbonyl (C=O) groups excluding carboxylic acids is 1. The SMILES string of the molecule is C=CC(=O)OCCOCCOCCOCCOCCOCCOCCOCCOCCOCCCCCCCC. The molecule has 0 radical (unpaired) electrons. The highest BCUT2D eigenvalue weighted by Crippen LogP contribution is 2.04. The summed E-state index contributed by atoms with van der Waals surface area (Å²) in [6.45, 7) is 15.2. The summed E-state index contributed by atoms with van der Waals surface area (Å²) < 4.78 is 53.8. The molecule has 0 atom stereocenters. The van der Waals surface area contributed by atoms with Crippen LogP contribution in [0, 0.1) is 0 Å². The van der Waals surface area contributed by atoms with Crippen LogP contribution >= 0.6 is 0 Å². The molecule has 0 N–H and O–H groups in total. The first-order valence-electron chi connectivity index (χ1n) is 14.8. The van der Waals surface area contributed by atoms with Gasteiger partial charge in [-0.1, -0.05) is 45.6 Å². The Morgan fingerprint density at radius 2 is 0.700 bits per heavy atom. The van der Waals surface area contributed by atoms with Crippen molar-refractivity contribution in [3.05, 3.63) is 12.7 Å². The Bertz CT molecular complexity index is 508. The summed E-state index contributed by atoms with van der Waals surface area (Å²) in [6, 6.07) is 0. The van der Waals surface area contributed by atoms with E-state index in [1.165, 1.54) is 32.1 Å². The highest BCUT2D eigenvalue weighted by molar-refractivity contribution is 5.81. The maximum Gasteiger partial charge on any atom is 0.330 e. The number of carbonyl (C=O) groups is 1. The van der Waals surface area contributed by atoms with Crippen molar-refractivity contribution in [3.8, 4) is 0 Å². The second kappa shape index (κ2) is 35.9. The Labute approximate surface area is 242 Å². The van der Waals surface area contributed by atoms with E-state index in [4.69, 9.17) is 47.4 Å². The van der Waals surface area contributed by atoms with Crippen molar-refractivity contribution in [1.29, 1.82) is 0 Å². The van der Waals surface area contributed by atoms with E-state index in [9.17, 15) is 4.79 Å². The zero-order valence-electron chi connectivity index (χ0n) is 25.0. The lowest BCUT2D eigenvalue weighted by Gasteiger charge is -2.09. The number of esters is 1. The van der Waals surface area contributed by atoms with Crippen molar-refractivity contribution in [3.63, 3.8) is 0 Å². The summed E-state index contributed by atoms with van der Waals surface area (Å²) in [7, 11) is 0. The molecule has 11 heteroatoms. The van der Waals surface area contributed by atoms with Crippen molar-refractivity contribution in [1.82, 2.24) is 0 Å². The van der Waals surface area contributed by atoms with Crippen LogP contribution in [0.3, 0.4) is 0 Å². The summed E-state index contributed by atoms with van der Waals surface area (Å²) in [4.78, 5) is 10.8. The van der Waals surface area contributed by atoms with Gasteiger partial charge in [-0.3, -0.25) is 0 Å². The molecular formula is C29H56O11. The predicted octanol–water partition coefficient (Wildman–Crippen LogP) is 3.23. The number of ether oxygens (including phenoxy) is 10. The van der Waals surface area contributed by atoms with Crippen LogP contribution in [-0.2, 0) is 52.2 Å². The molecule has 0 saturated heterocycles. The van der Waals surface area contributed by atoms with E-state index in [1.807, 2.05) is 0 Å². The van der Waals surface area contributed by atoms with Crippen LogP contribution in [0.2, 0.25) is 0 Å². The summed E-state index contributed by atoms with van der Waals surface area (Å²) in [5.41, 5.74) is 0. The highest BCUT2D eigenvalue weighted by atomic mass is 16.6. The van der Waals surface area contributed by atoms with Gasteiger partial charge >= 0.3 is 5.97 Å². The van der Waals surface area contributed by atoms with Crippen molar-refractivity contribution >= 4 is 5.97 Å². The Morgan fingerprint density at radius 3 is 1.02 bits per heavy atom. The van der Waals surface area contributed by atoms with E-state index in [1.54, 1.807) is 0 Å². The third-order valence-corrected chi connectivity index (χ3v) is 5.26. The van der Waals surface area contributed by atoms with Gasteiger partial charge in [-0.2, -0.15) is 0 Å². The van der Waals surface area contributed by atoms with Crippen LogP contribution < -0.4 is 0 Å². The zero-order valence-corrected chi connectivity index (χ0v) is 25.0. The van der Waals surface area contributed by atoms with Gasteiger partial charge < -0.3 is 47.4 Å². The van der Waals surface area contributed by atoms with Crippen LogP contribution in [0.4, 0.5) is 0 Å². The molecule has 238 valence electrons. The van der Waals surface area contributed by atoms with Crippen LogP contribution in [0.25, 0.3) is 0 Å². The first kappa shape index (κ1) is 38.9. The summed E-state index contributed by atoms with van der Waals surface area (Å²) in [5, 5.41) is 0. The first-order chi connectivity index (χ1) is 19.8. The molecule has 0 bridgehead atoms. The van der Waals surface area contributed by atoms with Crippen LogP contribution in [0.15, 0.2) is 12.7 Å². The standard InChI is InChI=1S/C29H56O11/c1-3-5-6-7-8-9-10-31-11-12-32-13-14-33-15-16-34-17-18-35-19-20-36-21-22-37-23-24-38-25-26-39-27-28-40-29(30)4-2/h4H,2-3,5-28H2,1H3. The first-order valence-corrected chi connectivity index (χ1v) is 14.8. The fourth-order valence-corrected chi connectivity index (χ4v) is 3.11. The Morgan fingerprint density at radius 1 is 0.425 bits per heavy atom. The number of rotatable bonds is 35. The minimum Gasteiger partial charge on any atom is -0.460 e. The Kier molecular flexibility index (Phi) is 34.8. The average molecular weight is 581 g/mol. The molecule has 40 heavy (non-hydrogen) atoms. The molecule has 0 aromatic rings. The van der Waals surface area contributed by atoms with E-state index in [2.05, 4.69) is 13.5 Å². The van der Waals surface area contributed by atoms with Gasteiger partial charge in [-0.05, 0) is 6.42 Å². The molecular weight excluding hydrogens is 524 g/mol. The maximum absolute atomic E-state index is 10.8. The molecule has 0 rings (SSSR count). The molecule has 0 spiro atoms. The second-order valence-corrected chi connectivity index (χ2v) is 8.65. The molecule has 0 aromatic carbocycles. The van der Waals surface area contributed by atoms with E-state index in [0.29, 0.717) is 112 Å². The van der Waals surface area contributed by atoms with Gasteiger partial charge in [0.05, 0.1) is 112 Å². The molecule has 0 aliphatic carbocycles.